The third-order valence-corrected chi connectivity index (χ3v) is 4.92. The molecule has 4 nitrogen and oxygen atoms in total. The van der Waals surface area contributed by atoms with E-state index in [0.29, 0.717) is 15.6 Å². The van der Waals surface area contributed by atoms with E-state index in [1.54, 1.807) is 24.3 Å². The van der Waals surface area contributed by atoms with Gasteiger partial charge in [-0.3, -0.25) is 4.79 Å². The van der Waals surface area contributed by atoms with Gasteiger partial charge < -0.3 is 10.1 Å². The number of thiophene rings is 1. The first kappa shape index (κ1) is 18.2. The number of ether oxygens (including phenoxy) is 1. The Bertz CT molecular complexity index is 934. The fourth-order valence-corrected chi connectivity index (χ4v) is 3.36. The van der Waals surface area contributed by atoms with Crippen molar-refractivity contribution in [3.63, 3.8) is 0 Å². The molecule has 0 aliphatic heterocycles. The van der Waals surface area contributed by atoms with Gasteiger partial charge in [-0.1, -0.05) is 53.6 Å². The monoisotopic (exact) mass is 385 g/mol. The van der Waals surface area contributed by atoms with Crippen molar-refractivity contribution in [2.75, 3.05) is 11.9 Å². The number of anilines is 1. The predicted octanol–water partition coefficient (Wildman–Crippen LogP) is 5.17. The Morgan fingerprint density at radius 2 is 1.81 bits per heavy atom. The molecule has 0 radical (unpaired) electrons. The maximum Gasteiger partial charge on any atom is 0.349 e. The Morgan fingerprint density at radius 3 is 2.54 bits per heavy atom. The van der Waals surface area contributed by atoms with Crippen LogP contribution in [0.15, 0.2) is 60.0 Å². The summed E-state index contributed by atoms with van der Waals surface area (Å²) in [4.78, 5) is 24.8. The smallest absolute Gasteiger partial charge is 0.349 e. The van der Waals surface area contributed by atoms with Gasteiger partial charge in [0.2, 0.25) is 0 Å². The van der Waals surface area contributed by atoms with Crippen molar-refractivity contribution in [2.24, 2.45) is 0 Å². The number of nitrogens with one attached hydrogen (secondary N) is 1. The van der Waals surface area contributed by atoms with Crippen LogP contribution < -0.4 is 5.32 Å². The minimum Gasteiger partial charge on any atom is -0.451 e. The van der Waals surface area contributed by atoms with Crippen LogP contribution in [0.1, 0.15) is 15.2 Å². The van der Waals surface area contributed by atoms with Crippen LogP contribution in [0.5, 0.6) is 0 Å². The minimum absolute atomic E-state index is 0.380. The number of amides is 1. The van der Waals surface area contributed by atoms with Gasteiger partial charge in [0, 0.05) is 5.56 Å². The highest BCUT2D eigenvalue weighted by Crippen LogP contribution is 2.29. The molecule has 0 saturated heterocycles. The van der Waals surface area contributed by atoms with Crippen LogP contribution in [0, 0.1) is 6.92 Å². The van der Waals surface area contributed by atoms with E-state index in [1.165, 1.54) is 11.3 Å². The molecule has 0 spiro atoms. The first-order chi connectivity index (χ1) is 12.5. The lowest BCUT2D eigenvalue weighted by Crippen LogP contribution is -2.21. The van der Waals surface area contributed by atoms with Crippen LogP contribution in [-0.4, -0.2) is 18.5 Å². The molecular formula is C20H16ClNO3S. The average Bonchev–Trinajstić information content (AvgIpc) is 3.12. The van der Waals surface area contributed by atoms with E-state index in [0.717, 1.165) is 16.7 Å². The van der Waals surface area contributed by atoms with E-state index in [2.05, 4.69) is 5.32 Å². The summed E-state index contributed by atoms with van der Waals surface area (Å²) in [5.41, 5.74) is 3.35. The van der Waals surface area contributed by atoms with Gasteiger partial charge in [-0.15, -0.1) is 11.3 Å². The number of esters is 1. The maximum absolute atomic E-state index is 12.4. The fourth-order valence-electron chi connectivity index (χ4n) is 2.37. The Labute approximate surface area is 160 Å². The third kappa shape index (κ3) is 4.31. The fraction of sp³-hybridized carbons (Fsp3) is 0.100. The average molecular weight is 386 g/mol. The summed E-state index contributed by atoms with van der Waals surface area (Å²) >= 11 is 7.28. The zero-order chi connectivity index (χ0) is 18.5. The lowest BCUT2D eigenvalue weighted by Gasteiger charge is -2.08. The maximum atomic E-state index is 12.4. The van der Waals surface area contributed by atoms with Crippen LogP contribution in [0.2, 0.25) is 5.02 Å². The number of hydrogen-bond donors (Lipinski definition) is 1. The Hall–Kier alpha value is -2.63. The summed E-state index contributed by atoms with van der Waals surface area (Å²) < 4.78 is 5.16. The van der Waals surface area contributed by atoms with Crippen LogP contribution in [-0.2, 0) is 9.53 Å². The number of halogens is 1. The molecule has 3 rings (SSSR count). The molecule has 0 fully saturated rings. The van der Waals surface area contributed by atoms with E-state index < -0.39 is 11.9 Å². The number of hydrogen-bond acceptors (Lipinski definition) is 4. The van der Waals surface area contributed by atoms with Crippen molar-refractivity contribution in [1.29, 1.82) is 0 Å². The predicted molar refractivity (Wildman–Crippen MR) is 105 cm³/mol. The molecule has 6 heteroatoms. The Kier molecular flexibility index (Phi) is 5.71. The number of carbonyl (C=O) groups is 2. The minimum atomic E-state index is -0.523. The molecule has 132 valence electrons. The van der Waals surface area contributed by atoms with Crippen molar-refractivity contribution >= 4 is 40.5 Å². The SMILES string of the molecule is Cc1ccc(-c2ccsc2C(=O)OCC(=O)Nc2ccccc2Cl)cc1. The van der Waals surface area contributed by atoms with Crippen LogP contribution >= 0.6 is 22.9 Å². The van der Waals surface area contributed by atoms with Crippen LogP contribution in [0.3, 0.4) is 0 Å². The lowest BCUT2D eigenvalue weighted by molar-refractivity contribution is -0.119. The second kappa shape index (κ2) is 8.17. The number of carbonyl (C=O) groups excluding carboxylic acids is 2. The molecule has 0 unspecified atom stereocenters. The Balaban J connectivity index is 1.64. The van der Waals surface area contributed by atoms with Gasteiger partial charge in [0.15, 0.2) is 6.61 Å². The molecule has 0 aliphatic rings. The molecule has 26 heavy (non-hydrogen) atoms. The zero-order valence-electron chi connectivity index (χ0n) is 14.0. The second-order valence-electron chi connectivity index (χ2n) is 5.63. The lowest BCUT2D eigenvalue weighted by atomic mass is 10.1. The van der Waals surface area contributed by atoms with Gasteiger partial charge in [0.05, 0.1) is 10.7 Å². The third-order valence-electron chi connectivity index (χ3n) is 3.70. The molecule has 0 aliphatic carbocycles. The summed E-state index contributed by atoms with van der Waals surface area (Å²) in [5, 5.41) is 4.87. The van der Waals surface area contributed by atoms with E-state index in [1.807, 2.05) is 42.6 Å². The summed E-state index contributed by atoms with van der Waals surface area (Å²) in [5.74, 6) is -0.968. The molecule has 1 N–H and O–H groups in total. The van der Waals surface area contributed by atoms with Gasteiger partial charge in [0.1, 0.15) is 4.88 Å². The molecule has 2 aromatic carbocycles. The number of aryl methyl sites for hydroxylation is 1. The van der Waals surface area contributed by atoms with Gasteiger partial charge in [0.25, 0.3) is 5.91 Å². The Morgan fingerprint density at radius 1 is 1.08 bits per heavy atom. The van der Waals surface area contributed by atoms with Gasteiger partial charge >= 0.3 is 5.97 Å². The molecule has 1 aromatic heterocycles. The number of rotatable bonds is 5. The van der Waals surface area contributed by atoms with Crippen molar-refractivity contribution < 1.29 is 14.3 Å². The molecule has 1 amide bonds. The molecule has 0 bridgehead atoms. The van der Waals surface area contributed by atoms with Gasteiger partial charge in [-0.2, -0.15) is 0 Å². The highest BCUT2D eigenvalue weighted by atomic mass is 35.5. The van der Waals surface area contributed by atoms with E-state index in [9.17, 15) is 9.59 Å². The topological polar surface area (TPSA) is 55.4 Å². The summed E-state index contributed by atoms with van der Waals surface area (Å²) in [6.07, 6.45) is 0. The highest BCUT2D eigenvalue weighted by molar-refractivity contribution is 7.12. The van der Waals surface area contributed by atoms with E-state index >= 15 is 0 Å². The van der Waals surface area contributed by atoms with Crippen LogP contribution in [0.4, 0.5) is 5.69 Å². The molecule has 0 saturated carbocycles. The zero-order valence-corrected chi connectivity index (χ0v) is 15.6. The van der Waals surface area contributed by atoms with E-state index in [4.69, 9.17) is 16.3 Å². The normalized spacial score (nSPS) is 10.4. The van der Waals surface area contributed by atoms with Gasteiger partial charge in [-0.25, -0.2) is 4.79 Å². The molecule has 3 aromatic rings. The summed E-state index contributed by atoms with van der Waals surface area (Å²) in [6.45, 7) is 1.62. The van der Waals surface area contributed by atoms with Crippen molar-refractivity contribution in [3.05, 3.63) is 75.4 Å². The van der Waals surface area contributed by atoms with Crippen molar-refractivity contribution in [2.45, 2.75) is 6.92 Å². The quantitative estimate of drug-likeness (QED) is 0.616. The largest absolute Gasteiger partial charge is 0.451 e. The number of para-hydroxylation sites is 1. The van der Waals surface area contributed by atoms with Gasteiger partial charge in [-0.05, 0) is 36.1 Å². The highest BCUT2D eigenvalue weighted by Gasteiger charge is 2.17. The first-order valence-electron chi connectivity index (χ1n) is 7.90. The van der Waals surface area contributed by atoms with E-state index in [-0.39, 0.29) is 6.61 Å². The van der Waals surface area contributed by atoms with Crippen molar-refractivity contribution in [3.8, 4) is 11.1 Å². The second-order valence-corrected chi connectivity index (χ2v) is 6.96. The first-order valence-corrected chi connectivity index (χ1v) is 9.16. The molecule has 0 atom stereocenters. The molecular weight excluding hydrogens is 370 g/mol. The number of benzene rings is 2. The standard InChI is InChI=1S/C20H16ClNO3S/c1-13-6-8-14(9-7-13)15-10-11-26-19(15)20(24)25-12-18(23)22-17-5-3-2-4-16(17)21/h2-11H,12H2,1H3,(H,22,23). The van der Waals surface area contributed by atoms with Crippen LogP contribution in [0.25, 0.3) is 11.1 Å². The summed E-state index contributed by atoms with van der Waals surface area (Å²) in [6, 6.07) is 16.6. The molecule has 1 heterocycles. The summed E-state index contributed by atoms with van der Waals surface area (Å²) in [7, 11) is 0. The van der Waals surface area contributed by atoms with Crippen molar-refractivity contribution in [1.82, 2.24) is 0 Å².